The third-order valence-electron chi connectivity index (χ3n) is 3.59. The van der Waals surface area contributed by atoms with E-state index in [-0.39, 0.29) is 10.0 Å². The number of ether oxygens (including phenoxy) is 1. The molecule has 2 N–H and O–H groups in total. The van der Waals surface area contributed by atoms with Crippen molar-refractivity contribution in [1.29, 1.82) is 0 Å². The van der Waals surface area contributed by atoms with Crippen molar-refractivity contribution in [1.82, 2.24) is 0 Å². The van der Waals surface area contributed by atoms with Crippen LogP contribution in [0.4, 0.5) is 8.78 Å². The topological polar surface area (TPSA) is 35.2 Å². The number of nitrogens with two attached hydrogens (primary N) is 1. The first kappa shape index (κ1) is 16.5. The van der Waals surface area contributed by atoms with Gasteiger partial charge in [-0.25, -0.2) is 8.78 Å². The molecule has 0 aromatic heterocycles. The minimum absolute atomic E-state index is 0.119. The van der Waals surface area contributed by atoms with Crippen LogP contribution in [-0.4, -0.2) is 12.2 Å². The monoisotopic (exact) mass is 335 g/mol. The summed E-state index contributed by atoms with van der Waals surface area (Å²) in [6, 6.07) is 1.70. The highest BCUT2D eigenvalue weighted by atomic mass is 79.9. The fourth-order valence-corrected chi connectivity index (χ4v) is 2.71. The zero-order chi connectivity index (χ0) is 14.6. The highest BCUT2D eigenvalue weighted by Crippen LogP contribution is 2.37. The van der Waals surface area contributed by atoms with E-state index in [4.69, 9.17) is 10.5 Å². The molecule has 0 aliphatic heterocycles. The minimum Gasteiger partial charge on any atom is -0.373 e. The summed E-state index contributed by atoms with van der Waals surface area (Å²) in [6.45, 7) is 6.12. The van der Waals surface area contributed by atoms with E-state index in [9.17, 15) is 8.78 Å². The standard InChI is InChI=1S/C14H20BrF2NO/c1-4-14(5-2,19-6-3)13(18)11-10(16)8-7-9(15)12(11)17/h7-8,13H,4-6,18H2,1-3H3. The van der Waals surface area contributed by atoms with Crippen LogP contribution in [0.25, 0.3) is 0 Å². The molecular weight excluding hydrogens is 316 g/mol. The number of halogens is 3. The molecule has 1 aromatic rings. The lowest BCUT2D eigenvalue weighted by Crippen LogP contribution is -2.43. The van der Waals surface area contributed by atoms with Crippen molar-refractivity contribution in [3.63, 3.8) is 0 Å². The number of benzene rings is 1. The smallest absolute Gasteiger partial charge is 0.145 e. The average molecular weight is 336 g/mol. The van der Waals surface area contributed by atoms with Gasteiger partial charge in [-0.2, -0.15) is 0 Å². The lowest BCUT2D eigenvalue weighted by atomic mass is 9.84. The Morgan fingerprint density at radius 3 is 2.32 bits per heavy atom. The number of rotatable bonds is 6. The molecule has 1 aromatic carbocycles. The quantitative estimate of drug-likeness (QED) is 0.785. The molecule has 0 radical (unpaired) electrons. The summed E-state index contributed by atoms with van der Waals surface area (Å²) in [5.41, 5.74) is 5.25. The first-order valence-electron chi connectivity index (χ1n) is 6.46. The Morgan fingerprint density at radius 1 is 1.26 bits per heavy atom. The fraction of sp³-hybridized carbons (Fsp3) is 0.571. The molecule has 0 heterocycles. The highest BCUT2D eigenvalue weighted by Gasteiger charge is 2.38. The molecule has 5 heteroatoms. The van der Waals surface area contributed by atoms with E-state index in [2.05, 4.69) is 15.9 Å². The molecule has 1 rings (SSSR count). The van der Waals surface area contributed by atoms with Crippen LogP contribution in [0.5, 0.6) is 0 Å². The van der Waals surface area contributed by atoms with Gasteiger partial charge in [0.1, 0.15) is 11.6 Å². The molecule has 0 aliphatic rings. The minimum atomic E-state index is -0.847. The maximum atomic E-state index is 14.1. The molecule has 108 valence electrons. The first-order valence-corrected chi connectivity index (χ1v) is 7.25. The molecular formula is C14H20BrF2NO. The number of hydrogen-bond donors (Lipinski definition) is 1. The van der Waals surface area contributed by atoms with Gasteiger partial charge in [0, 0.05) is 12.2 Å². The Bertz CT molecular complexity index is 436. The zero-order valence-electron chi connectivity index (χ0n) is 11.5. The van der Waals surface area contributed by atoms with Crippen LogP contribution in [0.3, 0.4) is 0 Å². The molecule has 1 unspecified atom stereocenters. The molecule has 0 saturated carbocycles. The second-order valence-electron chi connectivity index (χ2n) is 4.44. The molecule has 0 amide bonds. The predicted molar refractivity (Wildman–Crippen MR) is 75.9 cm³/mol. The maximum absolute atomic E-state index is 14.1. The summed E-state index contributed by atoms with van der Waals surface area (Å²) in [4.78, 5) is 0. The van der Waals surface area contributed by atoms with Crippen LogP contribution in [0, 0.1) is 11.6 Å². The third kappa shape index (κ3) is 3.15. The van der Waals surface area contributed by atoms with Gasteiger partial charge in [0.2, 0.25) is 0 Å². The molecule has 0 fully saturated rings. The third-order valence-corrected chi connectivity index (χ3v) is 4.20. The molecule has 0 aliphatic carbocycles. The summed E-state index contributed by atoms with van der Waals surface area (Å²) < 4.78 is 34.0. The Kier molecular flexibility index (Phi) is 5.89. The largest absolute Gasteiger partial charge is 0.373 e. The second-order valence-corrected chi connectivity index (χ2v) is 5.29. The molecule has 0 saturated heterocycles. The molecule has 2 nitrogen and oxygen atoms in total. The van der Waals surface area contributed by atoms with E-state index in [1.165, 1.54) is 12.1 Å². The molecule has 1 atom stereocenters. The summed E-state index contributed by atoms with van der Waals surface area (Å²) in [5, 5.41) is 0. The maximum Gasteiger partial charge on any atom is 0.145 e. The molecule has 19 heavy (non-hydrogen) atoms. The second kappa shape index (κ2) is 6.77. The van der Waals surface area contributed by atoms with Gasteiger partial charge in [-0.1, -0.05) is 13.8 Å². The summed E-state index contributed by atoms with van der Waals surface area (Å²) in [5.74, 6) is -1.29. The van der Waals surface area contributed by atoms with Crippen LogP contribution in [0.15, 0.2) is 16.6 Å². The van der Waals surface area contributed by atoms with E-state index in [1.54, 1.807) is 0 Å². The Hall–Kier alpha value is -0.520. The van der Waals surface area contributed by atoms with Crippen molar-refractivity contribution < 1.29 is 13.5 Å². The highest BCUT2D eigenvalue weighted by molar-refractivity contribution is 9.10. The average Bonchev–Trinajstić information content (AvgIpc) is 2.40. The van der Waals surface area contributed by atoms with Gasteiger partial charge >= 0.3 is 0 Å². The summed E-state index contributed by atoms with van der Waals surface area (Å²) >= 11 is 3.06. The van der Waals surface area contributed by atoms with Crippen molar-refractivity contribution in [3.8, 4) is 0 Å². The lowest BCUT2D eigenvalue weighted by Gasteiger charge is -2.37. The van der Waals surface area contributed by atoms with Gasteiger partial charge in [0.15, 0.2) is 0 Å². The van der Waals surface area contributed by atoms with E-state index in [1.807, 2.05) is 20.8 Å². The Morgan fingerprint density at radius 2 is 1.84 bits per heavy atom. The normalized spacial score (nSPS) is 13.6. The fourth-order valence-electron chi connectivity index (χ4n) is 2.36. The predicted octanol–water partition coefficient (Wildman–Crippen LogP) is 4.32. The van der Waals surface area contributed by atoms with Gasteiger partial charge in [0.05, 0.1) is 16.1 Å². The SMILES string of the molecule is CCOC(CC)(CC)C(N)c1c(F)ccc(Br)c1F. The van der Waals surface area contributed by atoms with E-state index in [0.717, 1.165) is 0 Å². The van der Waals surface area contributed by atoms with Crippen molar-refractivity contribution in [3.05, 3.63) is 33.8 Å². The van der Waals surface area contributed by atoms with E-state index in [0.29, 0.717) is 19.4 Å². The van der Waals surface area contributed by atoms with Crippen molar-refractivity contribution in [2.24, 2.45) is 5.73 Å². The summed E-state index contributed by atoms with van der Waals surface area (Å²) in [7, 11) is 0. The van der Waals surface area contributed by atoms with Gasteiger partial charge in [-0.3, -0.25) is 0 Å². The van der Waals surface area contributed by atoms with Crippen LogP contribution in [0.2, 0.25) is 0 Å². The van der Waals surface area contributed by atoms with E-state index < -0.39 is 23.3 Å². The van der Waals surface area contributed by atoms with E-state index >= 15 is 0 Å². The van der Waals surface area contributed by atoms with Crippen molar-refractivity contribution >= 4 is 15.9 Å². The van der Waals surface area contributed by atoms with Gasteiger partial charge < -0.3 is 10.5 Å². The van der Waals surface area contributed by atoms with Crippen LogP contribution in [0.1, 0.15) is 45.2 Å². The molecule has 0 spiro atoms. The van der Waals surface area contributed by atoms with Crippen LogP contribution in [-0.2, 0) is 4.74 Å². The van der Waals surface area contributed by atoms with Crippen LogP contribution >= 0.6 is 15.9 Å². The molecule has 0 bridgehead atoms. The first-order chi connectivity index (χ1) is 8.93. The van der Waals surface area contributed by atoms with Gasteiger partial charge in [-0.05, 0) is 47.8 Å². The summed E-state index contributed by atoms with van der Waals surface area (Å²) in [6.07, 6.45) is 1.17. The lowest BCUT2D eigenvalue weighted by molar-refractivity contribution is -0.0659. The number of hydrogen-bond acceptors (Lipinski definition) is 2. The Labute approximate surface area is 121 Å². The van der Waals surface area contributed by atoms with Crippen LogP contribution < -0.4 is 5.73 Å². The van der Waals surface area contributed by atoms with Gasteiger partial charge in [-0.15, -0.1) is 0 Å². The Balaban J connectivity index is 3.31. The zero-order valence-corrected chi connectivity index (χ0v) is 13.1. The van der Waals surface area contributed by atoms with Crippen molar-refractivity contribution in [2.45, 2.75) is 45.3 Å². The van der Waals surface area contributed by atoms with Gasteiger partial charge in [0.25, 0.3) is 0 Å². The van der Waals surface area contributed by atoms with Crippen molar-refractivity contribution in [2.75, 3.05) is 6.61 Å².